The molecule has 11 heteroatoms. The van der Waals surface area contributed by atoms with Crippen LogP contribution < -0.4 is 5.56 Å². The van der Waals surface area contributed by atoms with Gasteiger partial charge in [-0.25, -0.2) is 14.2 Å². The van der Waals surface area contributed by atoms with Crippen LogP contribution in [0.1, 0.15) is 43.7 Å². The summed E-state index contributed by atoms with van der Waals surface area (Å²) in [5.74, 6) is -0.322. The molecule has 2 atom stereocenters. The predicted octanol–water partition coefficient (Wildman–Crippen LogP) is 2.97. The molecule has 0 bridgehead atoms. The van der Waals surface area contributed by atoms with Crippen LogP contribution >= 0.6 is 0 Å². The molecular formula is C29H35FN6O4. The third-order valence-corrected chi connectivity index (χ3v) is 9.13. The monoisotopic (exact) mass is 550 g/mol. The number of benzene rings is 1. The van der Waals surface area contributed by atoms with Crippen LogP contribution in [0, 0.1) is 11.2 Å². The number of hydrogen-bond donors (Lipinski definition) is 1. The van der Waals surface area contributed by atoms with E-state index in [1.165, 1.54) is 29.1 Å². The average molecular weight is 551 g/mol. The first-order chi connectivity index (χ1) is 19.3. The van der Waals surface area contributed by atoms with Crippen LogP contribution in [0.5, 0.6) is 0 Å². The fourth-order valence-electron chi connectivity index (χ4n) is 6.83. The molecule has 6 rings (SSSR count). The second kappa shape index (κ2) is 10.4. The van der Waals surface area contributed by atoms with Crippen molar-refractivity contribution in [2.75, 3.05) is 32.8 Å². The van der Waals surface area contributed by atoms with Crippen molar-refractivity contribution in [2.24, 2.45) is 12.5 Å². The number of hydrogen-bond acceptors (Lipinski definition) is 6. The van der Waals surface area contributed by atoms with Gasteiger partial charge in [0.2, 0.25) is 0 Å². The molecule has 40 heavy (non-hydrogen) atoms. The molecule has 1 N–H and O–H groups in total. The van der Waals surface area contributed by atoms with Gasteiger partial charge in [-0.3, -0.25) is 14.0 Å². The predicted molar refractivity (Wildman–Crippen MR) is 145 cm³/mol. The Balaban J connectivity index is 1.23. The number of amides is 2. The number of aromatic nitrogens is 4. The molecule has 0 radical (unpaired) electrons. The summed E-state index contributed by atoms with van der Waals surface area (Å²) in [4.78, 5) is 35.2. The fourth-order valence-corrected chi connectivity index (χ4v) is 6.83. The second-order valence-electron chi connectivity index (χ2n) is 11.4. The Labute approximate surface area is 232 Å². The van der Waals surface area contributed by atoms with Gasteiger partial charge in [-0.1, -0.05) is 25.0 Å². The van der Waals surface area contributed by atoms with Gasteiger partial charge in [0, 0.05) is 44.4 Å². The van der Waals surface area contributed by atoms with Crippen molar-refractivity contribution in [1.82, 2.24) is 29.1 Å². The van der Waals surface area contributed by atoms with Gasteiger partial charge in [0.1, 0.15) is 5.82 Å². The highest BCUT2D eigenvalue weighted by Gasteiger charge is 2.56. The minimum Gasteiger partial charge on any atom is -0.387 e. The van der Waals surface area contributed by atoms with E-state index in [4.69, 9.17) is 4.74 Å². The van der Waals surface area contributed by atoms with E-state index in [1.54, 1.807) is 36.1 Å². The maximum absolute atomic E-state index is 13.9. The number of halogens is 1. The number of morpholine rings is 1. The summed E-state index contributed by atoms with van der Waals surface area (Å²) >= 11 is 0. The smallest absolute Gasteiger partial charge is 0.320 e. The van der Waals surface area contributed by atoms with Gasteiger partial charge in [0.25, 0.3) is 5.56 Å². The van der Waals surface area contributed by atoms with Gasteiger partial charge in [0.15, 0.2) is 0 Å². The van der Waals surface area contributed by atoms with E-state index in [0.717, 1.165) is 36.9 Å². The number of likely N-dealkylation sites (tertiary alicyclic amines) is 1. The Bertz CT molecular complexity index is 1430. The molecule has 212 valence electrons. The maximum atomic E-state index is 13.9. The Morgan fingerprint density at radius 3 is 2.62 bits per heavy atom. The normalized spacial score (nSPS) is 24.5. The number of carbonyl (C=O) groups excluding carboxylic acids is 1. The number of aryl methyl sites for hydroxylation is 1. The Hall–Kier alpha value is -3.57. The molecule has 10 nitrogen and oxygen atoms in total. The summed E-state index contributed by atoms with van der Waals surface area (Å²) in [7, 11) is 1.79. The molecule has 1 aromatic carbocycles. The van der Waals surface area contributed by atoms with Crippen LogP contribution in [-0.2, 0) is 18.3 Å². The molecular weight excluding hydrogens is 515 g/mol. The van der Waals surface area contributed by atoms with Gasteiger partial charge in [-0.15, -0.1) is 0 Å². The Kier molecular flexibility index (Phi) is 6.95. The lowest BCUT2D eigenvalue weighted by Crippen LogP contribution is -2.64. The topological polar surface area (TPSA) is 106 Å². The standard InChI is InChI=1S/C29H35FN6O4/c1-33-24(8-12-32-33)23-16-26(37)35(20-31-23)19-29(39)11-13-34(18-28(29)9-2-3-10-28)27(38)36-14-15-40-17-25(36)21-4-6-22(30)7-5-21/h4-8,12,16,20,25,39H,2-3,9-11,13-15,17-19H2,1H3. The molecule has 3 aliphatic rings. The van der Waals surface area contributed by atoms with Crippen molar-refractivity contribution in [1.29, 1.82) is 0 Å². The lowest BCUT2D eigenvalue weighted by Gasteiger charge is -2.53. The highest BCUT2D eigenvalue weighted by Crippen LogP contribution is 2.51. The lowest BCUT2D eigenvalue weighted by molar-refractivity contribution is -0.137. The van der Waals surface area contributed by atoms with E-state index in [9.17, 15) is 19.1 Å². The summed E-state index contributed by atoms with van der Waals surface area (Å²) < 4.78 is 22.4. The van der Waals surface area contributed by atoms with Crippen molar-refractivity contribution in [3.8, 4) is 11.4 Å². The second-order valence-corrected chi connectivity index (χ2v) is 11.4. The first-order valence-electron chi connectivity index (χ1n) is 13.9. The van der Waals surface area contributed by atoms with Crippen LogP contribution in [0.4, 0.5) is 9.18 Å². The minimum absolute atomic E-state index is 0.0923. The number of nitrogens with zero attached hydrogens (tertiary/aromatic N) is 6. The molecule has 2 saturated heterocycles. The van der Waals surface area contributed by atoms with Gasteiger partial charge < -0.3 is 19.6 Å². The van der Waals surface area contributed by atoms with Crippen LogP contribution in [0.25, 0.3) is 11.4 Å². The zero-order valence-corrected chi connectivity index (χ0v) is 22.7. The van der Waals surface area contributed by atoms with Crippen LogP contribution in [0.3, 0.4) is 0 Å². The molecule has 3 aromatic rings. The third kappa shape index (κ3) is 4.71. The first-order valence-corrected chi connectivity index (χ1v) is 13.9. The quantitative estimate of drug-likeness (QED) is 0.536. The Morgan fingerprint density at radius 2 is 1.93 bits per heavy atom. The van der Waals surface area contributed by atoms with Crippen molar-refractivity contribution < 1.29 is 19.0 Å². The molecule has 4 heterocycles. The average Bonchev–Trinajstić information content (AvgIpc) is 3.61. The van der Waals surface area contributed by atoms with E-state index < -0.39 is 11.0 Å². The van der Waals surface area contributed by atoms with E-state index in [1.807, 2.05) is 9.80 Å². The van der Waals surface area contributed by atoms with Crippen molar-refractivity contribution >= 4 is 6.03 Å². The molecule has 2 aliphatic heterocycles. The minimum atomic E-state index is -1.15. The largest absolute Gasteiger partial charge is 0.387 e. The van der Waals surface area contributed by atoms with Gasteiger partial charge >= 0.3 is 6.03 Å². The third-order valence-electron chi connectivity index (χ3n) is 9.13. The summed E-state index contributed by atoms with van der Waals surface area (Å²) in [5, 5.41) is 16.3. The summed E-state index contributed by atoms with van der Waals surface area (Å²) in [5.41, 5.74) is 0.205. The van der Waals surface area contributed by atoms with Crippen molar-refractivity contribution in [3.05, 3.63) is 70.7 Å². The molecule has 2 amide bonds. The fraction of sp³-hybridized carbons (Fsp3) is 0.517. The van der Waals surface area contributed by atoms with Crippen LogP contribution in [0.15, 0.2) is 53.7 Å². The number of piperidine rings is 1. The summed E-state index contributed by atoms with van der Waals surface area (Å²) in [6.45, 7) is 2.16. The van der Waals surface area contributed by atoms with E-state index in [0.29, 0.717) is 45.0 Å². The summed E-state index contributed by atoms with van der Waals surface area (Å²) in [6, 6.07) is 9.10. The highest BCUT2D eigenvalue weighted by molar-refractivity contribution is 5.75. The first kappa shape index (κ1) is 26.6. The number of ether oxygens (including phenoxy) is 1. The number of carbonyl (C=O) groups is 1. The molecule has 1 saturated carbocycles. The maximum Gasteiger partial charge on any atom is 0.320 e. The van der Waals surface area contributed by atoms with Crippen LogP contribution in [0.2, 0.25) is 0 Å². The molecule has 3 fully saturated rings. The summed E-state index contributed by atoms with van der Waals surface area (Å²) in [6.07, 6.45) is 7.02. The van der Waals surface area contributed by atoms with E-state index >= 15 is 0 Å². The highest BCUT2D eigenvalue weighted by atomic mass is 19.1. The number of aliphatic hydroxyl groups is 1. The van der Waals surface area contributed by atoms with E-state index in [-0.39, 0.29) is 30.0 Å². The van der Waals surface area contributed by atoms with Crippen molar-refractivity contribution in [3.63, 3.8) is 0 Å². The Morgan fingerprint density at radius 1 is 1.15 bits per heavy atom. The molecule has 1 aliphatic carbocycles. The number of rotatable bonds is 4. The van der Waals surface area contributed by atoms with E-state index in [2.05, 4.69) is 10.1 Å². The lowest BCUT2D eigenvalue weighted by atomic mass is 9.66. The van der Waals surface area contributed by atoms with Crippen LogP contribution in [-0.4, -0.2) is 78.7 Å². The molecule has 1 spiro atoms. The van der Waals surface area contributed by atoms with Gasteiger partial charge in [0.05, 0.1) is 49.1 Å². The van der Waals surface area contributed by atoms with Gasteiger partial charge in [-0.2, -0.15) is 5.10 Å². The van der Waals surface area contributed by atoms with Gasteiger partial charge in [-0.05, 0) is 43.0 Å². The zero-order chi connectivity index (χ0) is 27.9. The molecule has 2 aromatic heterocycles. The molecule has 2 unspecified atom stereocenters. The van der Waals surface area contributed by atoms with Crippen molar-refractivity contribution in [2.45, 2.75) is 50.3 Å². The zero-order valence-electron chi connectivity index (χ0n) is 22.7. The SMILES string of the molecule is Cn1nccc1-c1cc(=O)n(CC2(O)CCN(C(=O)N3CCOCC3c3ccc(F)cc3)CC23CCCC3)cn1. The number of urea groups is 1.